The summed E-state index contributed by atoms with van der Waals surface area (Å²) in [5.74, 6) is 0.425. The van der Waals surface area contributed by atoms with Crippen LogP contribution in [0.4, 0.5) is 0 Å². The molecule has 2 aromatic rings. The first-order valence-corrected chi connectivity index (χ1v) is 7.78. The first kappa shape index (κ1) is 14.1. The molecule has 0 aliphatic heterocycles. The van der Waals surface area contributed by atoms with Crippen LogP contribution in [-0.2, 0) is 10.3 Å². The van der Waals surface area contributed by atoms with Crippen molar-refractivity contribution in [3.63, 3.8) is 0 Å². The summed E-state index contributed by atoms with van der Waals surface area (Å²) in [4.78, 5) is 17.1. The molecule has 3 rings (SSSR count). The van der Waals surface area contributed by atoms with E-state index in [4.69, 9.17) is 0 Å². The molecule has 1 fully saturated rings. The van der Waals surface area contributed by atoms with Crippen LogP contribution in [0.1, 0.15) is 39.5 Å². The minimum atomic E-state index is -0.358. The zero-order valence-corrected chi connectivity index (χ0v) is 12.7. The highest BCUT2D eigenvalue weighted by molar-refractivity contribution is 5.89. The first-order chi connectivity index (χ1) is 10.1. The molecule has 0 aromatic carbocycles. The molecule has 3 heteroatoms. The largest absolute Gasteiger partial charge is 0.334 e. The molecule has 1 aliphatic carbocycles. The lowest BCUT2D eigenvalue weighted by Gasteiger charge is -2.33. The first-order valence-electron chi connectivity index (χ1n) is 7.78. The predicted octanol–water partition coefficient (Wildman–Crippen LogP) is 4.04. The topological polar surface area (TPSA) is 34.9 Å². The fourth-order valence-electron chi connectivity index (χ4n) is 3.61. The van der Waals surface area contributed by atoms with Gasteiger partial charge < -0.3 is 4.57 Å². The predicted molar refractivity (Wildman–Crippen MR) is 84.0 cm³/mol. The fourth-order valence-corrected chi connectivity index (χ4v) is 3.61. The fraction of sp³-hybridized carbons (Fsp3) is 0.444. The van der Waals surface area contributed by atoms with Gasteiger partial charge in [-0.2, -0.15) is 0 Å². The summed E-state index contributed by atoms with van der Waals surface area (Å²) < 4.78 is 2.21. The van der Waals surface area contributed by atoms with E-state index < -0.39 is 0 Å². The Labute approximate surface area is 126 Å². The molecule has 0 spiro atoms. The van der Waals surface area contributed by atoms with E-state index in [-0.39, 0.29) is 11.5 Å². The van der Waals surface area contributed by atoms with Crippen LogP contribution < -0.4 is 0 Å². The van der Waals surface area contributed by atoms with Gasteiger partial charge in [-0.15, -0.1) is 0 Å². The van der Waals surface area contributed by atoms with E-state index >= 15 is 0 Å². The van der Waals surface area contributed by atoms with Crippen molar-refractivity contribution in [3.8, 4) is 11.3 Å². The van der Waals surface area contributed by atoms with E-state index in [0.717, 1.165) is 36.9 Å². The van der Waals surface area contributed by atoms with Gasteiger partial charge in [0.1, 0.15) is 5.54 Å². The van der Waals surface area contributed by atoms with Gasteiger partial charge in [0.25, 0.3) is 0 Å². The van der Waals surface area contributed by atoms with Crippen molar-refractivity contribution >= 4 is 5.78 Å². The molecule has 1 saturated carbocycles. The molecule has 3 nitrogen and oxygen atoms in total. The average molecular weight is 282 g/mol. The molecule has 110 valence electrons. The second-order valence-corrected chi connectivity index (χ2v) is 6.26. The summed E-state index contributed by atoms with van der Waals surface area (Å²) in [7, 11) is 0. The third-order valence-corrected chi connectivity index (χ3v) is 4.58. The van der Waals surface area contributed by atoms with Crippen molar-refractivity contribution in [1.82, 2.24) is 9.55 Å². The molecule has 0 bridgehead atoms. The zero-order chi connectivity index (χ0) is 14.9. The molecule has 0 N–H and O–H groups in total. The standard InChI is InChI=1S/C18H22N2O/c1-14(2)17(21)18(9-3-4-10-18)20-12-6-8-16(20)15-7-5-11-19-13-15/h5-8,11-14H,3-4,9-10H2,1-2H3. The van der Waals surface area contributed by atoms with Crippen molar-refractivity contribution in [3.05, 3.63) is 42.9 Å². The lowest BCUT2D eigenvalue weighted by atomic mass is 9.85. The quantitative estimate of drug-likeness (QED) is 0.848. The van der Waals surface area contributed by atoms with Crippen molar-refractivity contribution in [2.75, 3.05) is 0 Å². The zero-order valence-electron chi connectivity index (χ0n) is 12.7. The van der Waals surface area contributed by atoms with Crippen LogP contribution in [0.25, 0.3) is 11.3 Å². The van der Waals surface area contributed by atoms with Crippen LogP contribution >= 0.6 is 0 Å². The lowest BCUT2D eigenvalue weighted by molar-refractivity contribution is -0.130. The van der Waals surface area contributed by atoms with E-state index in [0.29, 0.717) is 5.78 Å². The summed E-state index contributed by atoms with van der Waals surface area (Å²) in [6.07, 6.45) is 9.87. The van der Waals surface area contributed by atoms with E-state index in [1.54, 1.807) is 6.20 Å². The van der Waals surface area contributed by atoms with Crippen molar-refractivity contribution in [1.29, 1.82) is 0 Å². The van der Waals surface area contributed by atoms with Gasteiger partial charge in [-0.1, -0.05) is 26.7 Å². The van der Waals surface area contributed by atoms with Crippen LogP contribution in [0.2, 0.25) is 0 Å². The summed E-state index contributed by atoms with van der Waals surface area (Å²) in [6.45, 7) is 4.02. The molecule has 0 atom stereocenters. The molecular formula is C18H22N2O. The Morgan fingerprint density at radius 1 is 1.24 bits per heavy atom. The molecule has 1 aliphatic rings. The number of hydrogen-bond acceptors (Lipinski definition) is 2. The lowest BCUT2D eigenvalue weighted by Crippen LogP contribution is -2.41. The molecule has 0 amide bonds. The summed E-state index contributed by atoms with van der Waals surface area (Å²) in [5, 5.41) is 0. The monoisotopic (exact) mass is 282 g/mol. The van der Waals surface area contributed by atoms with Gasteiger partial charge in [0, 0.05) is 30.1 Å². The van der Waals surface area contributed by atoms with Gasteiger partial charge in [0.15, 0.2) is 5.78 Å². The Balaban J connectivity index is 2.11. The number of ketones is 1. The van der Waals surface area contributed by atoms with Crippen LogP contribution in [0.5, 0.6) is 0 Å². The van der Waals surface area contributed by atoms with Gasteiger partial charge in [0.05, 0.1) is 5.69 Å². The number of carbonyl (C=O) groups excluding carboxylic acids is 1. The van der Waals surface area contributed by atoms with Gasteiger partial charge in [0.2, 0.25) is 0 Å². The Bertz CT molecular complexity index is 622. The summed E-state index contributed by atoms with van der Waals surface area (Å²) in [5.41, 5.74) is 1.81. The maximum Gasteiger partial charge on any atom is 0.161 e. The summed E-state index contributed by atoms with van der Waals surface area (Å²) >= 11 is 0. The van der Waals surface area contributed by atoms with Crippen LogP contribution in [0.15, 0.2) is 42.9 Å². The number of carbonyl (C=O) groups is 1. The van der Waals surface area contributed by atoms with E-state index in [9.17, 15) is 4.79 Å². The van der Waals surface area contributed by atoms with Gasteiger partial charge >= 0.3 is 0 Å². The number of pyridine rings is 1. The average Bonchev–Trinajstić information content (AvgIpc) is 3.17. The molecule has 21 heavy (non-hydrogen) atoms. The molecular weight excluding hydrogens is 260 g/mol. The number of aromatic nitrogens is 2. The SMILES string of the molecule is CC(C)C(=O)C1(n2cccc2-c2cccnc2)CCCC1. The molecule has 0 saturated heterocycles. The third kappa shape index (κ3) is 2.31. The van der Waals surface area contributed by atoms with E-state index in [1.165, 1.54) is 0 Å². The van der Waals surface area contributed by atoms with Crippen molar-refractivity contribution < 1.29 is 4.79 Å². The Morgan fingerprint density at radius 3 is 2.62 bits per heavy atom. The second kappa shape index (κ2) is 5.47. The third-order valence-electron chi connectivity index (χ3n) is 4.58. The summed E-state index contributed by atoms with van der Waals surface area (Å²) in [6, 6.07) is 8.13. The van der Waals surface area contributed by atoms with Crippen molar-refractivity contribution in [2.45, 2.75) is 45.1 Å². The van der Waals surface area contributed by atoms with E-state index in [1.807, 2.05) is 32.2 Å². The highest BCUT2D eigenvalue weighted by Gasteiger charge is 2.44. The van der Waals surface area contributed by atoms with Crippen LogP contribution in [0.3, 0.4) is 0 Å². The smallest absolute Gasteiger partial charge is 0.161 e. The normalized spacial score (nSPS) is 17.3. The van der Waals surface area contributed by atoms with Gasteiger partial charge in [-0.05, 0) is 37.1 Å². The number of hydrogen-bond donors (Lipinski definition) is 0. The highest BCUT2D eigenvalue weighted by Crippen LogP contribution is 2.42. The Kier molecular flexibility index (Phi) is 3.66. The molecule has 2 aromatic heterocycles. The molecule has 2 heterocycles. The number of Topliss-reactive ketones (excluding diaryl/α,β-unsaturated/α-hetero) is 1. The second-order valence-electron chi connectivity index (χ2n) is 6.26. The Morgan fingerprint density at radius 2 is 2.00 bits per heavy atom. The van der Waals surface area contributed by atoms with Crippen LogP contribution in [0, 0.1) is 5.92 Å². The minimum Gasteiger partial charge on any atom is -0.334 e. The number of nitrogens with zero attached hydrogens (tertiary/aromatic N) is 2. The molecule has 0 unspecified atom stereocenters. The number of rotatable bonds is 4. The molecule has 0 radical (unpaired) electrons. The highest BCUT2D eigenvalue weighted by atomic mass is 16.1. The maximum atomic E-state index is 12.9. The Hall–Kier alpha value is -1.90. The minimum absolute atomic E-state index is 0.0623. The van der Waals surface area contributed by atoms with E-state index in [2.05, 4.69) is 27.9 Å². The van der Waals surface area contributed by atoms with Gasteiger partial charge in [-0.3, -0.25) is 9.78 Å². The van der Waals surface area contributed by atoms with Crippen LogP contribution in [-0.4, -0.2) is 15.3 Å². The van der Waals surface area contributed by atoms with Crippen molar-refractivity contribution in [2.24, 2.45) is 5.92 Å². The van der Waals surface area contributed by atoms with Gasteiger partial charge in [-0.25, -0.2) is 0 Å². The maximum absolute atomic E-state index is 12.9.